The van der Waals surface area contributed by atoms with Gasteiger partial charge in [0.25, 0.3) is 0 Å². The van der Waals surface area contributed by atoms with Crippen molar-refractivity contribution in [2.45, 2.75) is 12.1 Å². The Morgan fingerprint density at radius 2 is 1.78 bits per heavy atom. The first-order chi connectivity index (χ1) is 4.36. The average Bonchev–Trinajstić information content (AvgIpc) is 2.22. The summed E-state index contributed by atoms with van der Waals surface area (Å²) in [7, 11) is 0. The highest BCUT2D eigenvalue weighted by molar-refractivity contribution is 5.77. The largest absolute Gasteiger partial charge is 0.332 e. The van der Waals surface area contributed by atoms with Gasteiger partial charge in [-0.1, -0.05) is 0 Å². The summed E-state index contributed by atoms with van der Waals surface area (Å²) in [5.41, 5.74) is 0. The van der Waals surface area contributed by atoms with Gasteiger partial charge < -0.3 is 16.0 Å². The van der Waals surface area contributed by atoms with Gasteiger partial charge in [-0.25, -0.2) is 4.79 Å². The number of hydrogen-bond acceptors (Lipinski definition) is 2. The molecule has 2 saturated heterocycles. The summed E-state index contributed by atoms with van der Waals surface area (Å²) in [6.07, 6.45) is 0. The van der Waals surface area contributed by atoms with Crippen LogP contribution in [0, 0.1) is 0 Å². The summed E-state index contributed by atoms with van der Waals surface area (Å²) in [6.45, 7) is 1.81. The second-order valence-electron chi connectivity index (χ2n) is 2.49. The van der Waals surface area contributed by atoms with Crippen LogP contribution in [0.5, 0.6) is 0 Å². The molecule has 2 amide bonds. The van der Waals surface area contributed by atoms with Crippen LogP contribution in [0.1, 0.15) is 0 Å². The van der Waals surface area contributed by atoms with Crippen LogP contribution in [0.3, 0.4) is 0 Å². The lowest BCUT2D eigenvalue weighted by Crippen LogP contribution is -2.31. The fourth-order valence-corrected chi connectivity index (χ4v) is 1.36. The predicted molar refractivity (Wildman–Crippen MR) is 32.1 cm³/mol. The highest BCUT2D eigenvalue weighted by Gasteiger charge is 2.34. The number of hydrogen-bond donors (Lipinski definition) is 3. The average molecular weight is 127 g/mol. The molecule has 2 rings (SSSR count). The van der Waals surface area contributed by atoms with Crippen molar-refractivity contribution >= 4 is 6.03 Å². The summed E-state index contributed by atoms with van der Waals surface area (Å²) in [5, 5.41) is 8.77. The zero-order valence-corrected chi connectivity index (χ0v) is 4.98. The summed E-state index contributed by atoms with van der Waals surface area (Å²) in [4.78, 5) is 10.6. The summed E-state index contributed by atoms with van der Waals surface area (Å²) in [5.74, 6) is 0. The Bertz CT molecular complexity index is 133. The summed E-state index contributed by atoms with van der Waals surface area (Å²) < 4.78 is 0. The molecule has 3 N–H and O–H groups in total. The quantitative estimate of drug-likeness (QED) is 0.376. The molecule has 0 aromatic heterocycles. The van der Waals surface area contributed by atoms with Crippen molar-refractivity contribution in [3.63, 3.8) is 0 Å². The molecule has 4 heteroatoms. The molecule has 0 spiro atoms. The third-order valence-electron chi connectivity index (χ3n) is 1.85. The van der Waals surface area contributed by atoms with Crippen molar-refractivity contribution in [3.05, 3.63) is 0 Å². The lowest BCUT2D eigenvalue weighted by atomic mass is 10.2. The maximum Gasteiger partial charge on any atom is 0.315 e. The van der Waals surface area contributed by atoms with Gasteiger partial charge in [0, 0.05) is 13.1 Å². The van der Waals surface area contributed by atoms with E-state index in [-0.39, 0.29) is 6.03 Å². The van der Waals surface area contributed by atoms with Crippen molar-refractivity contribution in [2.24, 2.45) is 0 Å². The molecular weight excluding hydrogens is 118 g/mol. The van der Waals surface area contributed by atoms with E-state index in [1.165, 1.54) is 0 Å². The SMILES string of the molecule is O=C1NC2CNCC2N1. The van der Waals surface area contributed by atoms with Crippen LogP contribution in [0.4, 0.5) is 4.79 Å². The molecule has 9 heavy (non-hydrogen) atoms. The predicted octanol–water partition coefficient (Wildman–Crippen LogP) is -1.36. The van der Waals surface area contributed by atoms with Gasteiger partial charge in [-0.15, -0.1) is 0 Å². The number of urea groups is 1. The Morgan fingerprint density at radius 3 is 2.33 bits per heavy atom. The van der Waals surface area contributed by atoms with Crippen LogP contribution in [0.2, 0.25) is 0 Å². The smallest absolute Gasteiger partial charge is 0.315 e. The molecule has 0 saturated carbocycles. The van der Waals surface area contributed by atoms with Crippen molar-refractivity contribution < 1.29 is 4.79 Å². The topological polar surface area (TPSA) is 53.2 Å². The first-order valence-electron chi connectivity index (χ1n) is 3.14. The zero-order chi connectivity index (χ0) is 6.27. The van der Waals surface area contributed by atoms with E-state index >= 15 is 0 Å². The lowest BCUT2D eigenvalue weighted by molar-refractivity contribution is 0.246. The number of nitrogens with one attached hydrogen (secondary N) is 3. The van der Waals surface area contributed by atoms with E-state index in [1.807, 2.05) is 0 Å². The molecule has 0 bridgehead atoms. The van der Waals surface area contributed by atoms with Gasteiger partial charge in [0.15, 0.2) is 0 Å². The minimum absolute atomic E-state index is 0.0218. The fraction of sp³-hybridized carbons (Fsp3) is 0.800. The van der Waals surface area contributed by atoms with Crippen molar-refractivity contribution in [1.82, 2.24) is 16.0 Å². The van der Waals surface area contributed by atoms with Gasteiger partial charge in [-0.3, -0.25) is 0 Å². The fourth-order valence-electron chi connectivity index (χ4n) is 1.36. The monoisotopic (exact) mass is 127 g/mol. The Hall–Kier alpha value is -0.770. The standard InChI is InChI=1S/C5H9N3O/c9-5-7-3-1-6-2-4(3)8-5/h3-4,6H,1-2H2,(H2,7,8,9). The number of carbonyl (C=O) groups is 1. The first kappa shape index (κ1) is 5.05. The van der Waals surface area contributed by atoms with E-state index < -0.39 is 0 Å². The molecule has 0 aromatic carbocycles. The molecule has 2 unspecified atom stereocenters. The van der Waals surface area contributed by atoms with Gasteiger partial charge in [0.05, 0.1) is 12.1 Å². The summed E-state index contributed by atoms with van der Waals surface area (Å²) in [6, 6.07) is 0.640. The molecule has 0 aromatic rings. The van der Waals surface area contributed by atoms with E-state index in [0.29, 0.717) is 12.1 Å². The molecule has 0 aliphatic carbocycles. The summed E-state index contributed by atoms with van der Waals surface area (Å²) >= 11 is 0. The van der Waals surface area contributed by atoms with Crippen molar-refractivity contribution in [1.29, 1.82) is 0 Å². The highest BCUT2D eigenvalue weighted by Crippen LogP contribution is 2.04. The maximum atomic E-state index is 10.6. The van der Waals surface area contributed by atoms with Crippen LogP contribution >= 0.6 is 0 Å². The van der Waals surface area contributed by atoms with E-state index in [9.17, 15) is 4.79 Å². The molecule has 0 radical (unpaired) electrons. The molecule has 2 aliphatic heterocycles. The van der Waals surface area contributed by atoms with E-state index in [1.54, 1.807) is 0 Å². The van der Waals surface area contributed by atoms with Crippen LogP contribution < -0.4 is 16.0 Å². The lowest BCUT2D eigenvalue weighted by Gasteiger charge is -2.02. The maximum absolute atomic E-state index is 10.6. The number of amides is 2. The number of fused-ring (bicyclic) bond motifs is 1. The van der Waals surface area contributed by atoms with Gasteiger partial charge in [-0.2, -0.15) is 0 Å². The second-order valence-corrected chi connectivity index (χ2v) is 2.49. The molecule has 4 nitrogen and oxygen atoms in total. The Labute approximate surface area is 53.0 Å². The molecule has 50 valence electrons. The van der Waals surface area contributed by atoms with Gasteiger partial charge in [0.2, 0.25) is 0 Å². The highest BCUT2D eigenvalue weighted by atomic mass is 16.2. The molecule has 2 aliphatic rings. The van der Waals surface area contributed by atoms with E-state index in [0.717, 1.165) is 13.1 Å². The Morgan fingerprint density at radius 1 is 1.22 bits per heavy atom. The Balaban J connectivity index is 2.09. The number of rotatable bonds is 0. The van der Waals surface area contributed by atoms with Crippen LogP contribution in [0.25, 0.3) is 0 Å². The second kappa shape index (κ2) is 1.60. The third kappa shape index (κ3) is 0.666. The molecule has 2 fully saturated rings. The van der Waals surface area contributed by atoms with Crippen LogP contribution in [0.15, 0.2) is 0 Å². The normalized spacial score (nSPS) is 39.8. The third-order valence-corrected chi connectivity index (χ3v) is 1.85. The van der Waals surface area contributed by atoms with Crippen molar-refractivity contribution in [3.8, 4) is 0 Å². The van der Waals surface area contributed by atoms with E-state index in [4.69, 9.17) is 0 Å². The number of carbonyl (C=O) groups excluding carboxylic acids is 1. The Kier molecular flexibility index (Phi) is 0.900. The van der Waals surface area contributed by atoms with Crippen LogP contribution in [-0.2, 0) is 0 Å². The minimum atomic E-state index is -0.0218. The minimum Gasteiger partial charge on any atom is -0.332 e. The zero-order valence-electron chi connectivity index (χ0n) is 4.98. The molecule has 2 heterocycles. The van der Waals surface area contributed by atoms with E-state index in [2.05, 4.69) is 16.0 Å². The molecular formula is C5H9N3O. The molecule has 2 atom stereocenters. The van der Waals surface area contributed by atoms with Gasteiger partial charge in [-0.05, 0) is 0 Å². The van der Waals surface area contributed by atoms with Crippen molar-refractivity contribution in [2.75, 3.05) is 13.1 Å². The first-order valence-corrected chi connectivity index (χ1v) is 3.14. The van der Waals surface area contributed by atoms with Gasteiger partial charge in [0.1, 0.15) is 0 Å². The van der Waals surface area contributed by atoms with Crippen LogP contribution in [-0.4, -0.2) is 31.2 Å². The van der Waals surface area contributed by atoms with Gasteiger partial charge >= 0.3 is 6.03 Å².